The molecular weight excluding hydrogens is 855 g/mol. The maximum atomic E-state index is 4.21. The van der Waals surface area contributed by atoms with Gasteiger partial charge in [-0.3, -0.25) is 0 Å². The molecule has 0 spiro atoms. The van der Waals surface area contributed by atoms with E-state index in [-0.39, 0.29) is 0 Å². The average molecular weight is 912 g/mol. The van der Waals surface area contributed by atoms with Crippen LogP contribution in [0.25, 0.3) is 94.3 Å². The van der Waals surface area contributed by atoms with E-state index in [1.54, 1.807) is 0 Å². The molecule has 0 amide bonds. The second-order valence-electron chi connectivity index (χ2n) is 18.6. The summed E-state index contributed by atoms with van der Waals surface area (Å²) in [5.41, 5.74) is 24.7. The first-order chi connectivity index (χ1) is 35.1. The molecule has 342 valence electrons. The Labute approximate surface area is 419 Å². The molecule has 11 rings (SSSR count). The molecule has 0 fully saturated rings. The molecule has 0 saturated heterocycles. The Kier molecular flexibility index (Phi) is 12.8. The van der Waals surface area contributed by atoms with Gasteiger partial charge in [0.1, 0.15) is 0 Å². The molecule has 0 radical (unpaired) electrons. The number of fused-ring (bicyclic) bond motifs is 3. The predicted molar refractivity (Wildman–Crippen MR) is 306 cm³/mol. The Morgan fingerprint density at radius 1 is 0.493 bits per heavy atom. The average Bonchev–Trinajstić information content (AvgIpc) is 3.78. The largest absolute Gasteiger partial charge is 0.309 e. The fraction of sp³-hybridized carbons (Fsp3) is 0.0857. The Bertz CT molecular complexity index is 3620. The summed E-state index contributed by atoms with van der Waals surface area (Å²) in [6.07, 6.45) is 17.0. The van der Waals surface area contributed by atoms with Crippen LogP contribution in [0.15, 0.2) is 261 Å². The highest BCUT2D eigenvalue weighted by Crippen LogP contribution is 2.55. The Morgan fingerprint density at radius 2 is 0.958 bits per heavy atom. The fourth-order valence-electron chi connectivity index (χ4n) is 11.1. The van der Waals surface area contributed by atoms with E-state index in [1.165, 1.54) is 116 Å². The van der Waals surface area contributed by atoms with E-state index < -0.39 is 0 Å². The van der Waals surface area contributed by atoms with E-state index in [9.17, 15) is 0 Å². The van der Waals surface area contributed by atoms with Gasteiger partial charge in [0, 0.05) is 16.5 Å². The van der Waals surface area contributed by atoms with Crippen LogP contribution in [0.4, 0.5) is 0 Å². The number of hydrogen-bond donors (Lipinski definition) is 0. The zero-order valence-electron chi connectivity index (χ0n) is 40.7. The SMILES string of the molecule is C=C/C(=C(C)\C=C/C)c1ccccc1CCc1ccc(-c2c(-c3ccccc3)c(C3=CC=CCC3)c(-c3ccc(-n4c5ccccc5c5ccccc54)cc3)c(-c3ccccc3)c2-c2ccccc2)cc1. The van der Waals surface area contributed by atoms with Gasteiger partial charge in [-0.15, -0.1) is 0 Å². The number of aryl methyl sites for hydroxylation is 2. The molecule has 1 heteroatoms. The fourth-order valence-corrected chi connectivity index (χ4v) is 11.1. The quantitative estimate of drug-likeness (QED) is 0.102. The van der Waals surface area contributed by atoms with Gasteiger partial charge < -0.3 is 4.57 Å². The Hall–Kier alpha value is -8.52. The first-order valence-corrected chi connectivity index (χ1v) is 25.1. The summed E-state index contributed by atoms with van der Waals surface area (Å²) in [5.74, 6) is 0. The van der Waals surface area contributed by atoms with Crippen LogP contribution in [0.3, 0.4) is 0 Å². The van der Waals surface area contributed by atoms with Gasteiger partial charge in [0.25, 0.3) is 0 Å². The molecule has 1 nitrogen and oxygen atoms in total. The monoisotopic (exact) mass is 911 g/mol. The third-order valence-electron chi connectivity index (χ3n) is 14.3. The van der Waals surface area contributed by atoms with Crippen molar-refractivity contribution >= 4 is 33.0 Å². The van der Waals surface area contributed by atoms with Crippen LogP contribution >= 0.6 is 0 Å². The number of allylic oxidation sites excluding steroid dienone is 9. The summed E-state index contributed by atoms with van der Waals surface area (Å²) < 4.78 is 2.42. The molecule has 9 aromatic carbocycles. The molecule has 0 aliphatic heterocycles. The molecule has 0 atom stereocenters. The third kappa shape index (κ3) is 8.66. The molecular formula is C70H57N. The minimum absolute atomic E-state index is 0.921. The highest BCUT2D eigenvalue weighted by molar-refractivity contribution is 6.13. The van der Waals surface area contributed by atoms with E-state index >= 15 is 0 Å². The minimum atomic E-state index is 0.921. The second-order valence-corrected chi connectivity index (χ2v) is 18.6. The van der Waals surface area contributed by atoms with Crippen LogP contribution in [0.2, 0.25) is 0 Å². The van der Waals surface area contributed by atoms with Gasteiger partial charge in [0.15, 0.2) is 0 Å². The summed E-state index contributed by atoms with van der Waals surface area (Å²) >= 11 is 0. The molecule has 1 heterocycles. The zero-order valence-corrected chi connectivity index (χ0v) is 40.7. The summed E-state index contributed by atoms with van der Waals surface area (Å²) in [6, 6.07) is 78.6. The predicted octanol–water partition coefficient (Wildman–Crippen LogP) is 19.2. The van der Waals surface area contributed by atoms with E-state index in [0.29, 0.717) is 0 Å². The van der Waals surface area contributed by atoms with Gasteiger partial charge in [0.2, 0.25) is 0 Å². The molecule has 1 aliphatic carbocycles. The van der Waals surface area contributed by atoms with Crippen molar-refractivity contribution in [3.05, 3.63) is 283 Å². The van der Waals surface area contributed by atoms with Crippen molar-refractivity contribution < 1.29 is 0 Å². The number of nitrogens with zero attached hydrogens (tertiary/aromatic N) is 1. The number of para-hydroxylation sites is 2. The minimum Gasteiger partial charge on any atom is -0.309 e. The highest BCUT2D eigenvalue weighted by Gasteiger charge is 2.30. The number of benzene rings is 9. The lowest BCUT2D eigenvalue weighted by Gasteiger charge is -2.30. The summed E-state index contributed by atoms with van der Waals surface area (Å²) in [5, 5.41) is 2.52. The third-order valence-corrected chi connectivity index (χ3v) is 14.3. The zero-order chi connectivity index (χ0) is 48.1. The van der Waals surface area contributed by atoms with E-state index in [4.69, 9.17) is 0 Å². The van der Waals surface area contributed by atoms with Crippen LogP contribution in [0, 0.1) is 0 Å². The van der Waals surface area contributed by atoms with Crippen LogP contribution in [0.5, 0.6) is 0 Å². The molecule has 10 aromatic rings. The van der Waals surface area contributed by atoms with Gasteiger partial charge in [-0.25, -0.2) is 0 Å². The standard InChI is InChI=1S/C70H57N/c1-4-24-49(3)59(5-2)60-34-19-18-25-51(60)42-39-50-40-43-56(44-41-50)69-65(52-26-10-6-11-27-52)67(54-30-14-8-15-31-54)70(68(55-32-16-9-17-33-55)66(69)53-28-12-7-13-29-53)57-45-47-58(48-46-57)71-63-37-22-20-35-61(63)62-36-21-23-38-64(62)71/h4-16,18-32,34-38,40-41,43-48H,2,17,33,39,42H2,1,3H3/b24-4-,59-49+. The van der Waals surface area contributed by atoms with Crippen molar-refractivity contribution in [1.82, 2.24) is 4.57 Å². The number of aromatic nitrogens is 1. The normalized spacial score (nSPS) is 12.9. The van der Waals surface area contributed by atoms with E-state index in [0.717, 1.165) is 31.4 Å². The molecule has 0 bridgehead atoms. The maximum Gasteiger partial charge on any atom is 0.0541 e. The van der Waals surface area contributed by atoms with Gasteiger partial charge in [-0.2, -0.15) is 0 Å². The van der Waals surface area contributed by atoms with Crippen molar-refractivity contribution in [1.29, 1.82) is 0 Å². The molecule has 0 saturated carbocycles. The van der Waals surface area contributed by atoms with Crippen LogP contribution < -0.4 is 0 Å². The van der Waals surface area contributed by atoms with E-state index in [1.807, 2.05) is 6.08 Å². The molecule has 0 unspecified atom stereocenters. The van der Waals surface area contributed by atoms with Gasteiger partial charge >= 0.3 is 0 Å². The number of hydrogen-bond acceptors (Lipinski definition) is 0. The van der Waals surface area contributed by atoms with Gasteiger partial charge in [-0.05, 0) is 158 Å². The van der Waals surface area contributed by atoms with Gasteiger partial charge in [0.05, 0.1) is 11.0 Å². The summed E-state index contributed by atoms with van der Waals surface area (Å²) in [7, 11) is 0. The van der Waals surface area contributed by atoms with Crippen molar-refractivity contribution in [2.75, 3.05) is 0 Å². The molecule has 71 heavy (non-hydrogen) atoms. The second kappa shape index (κ2) is 20.2. The lowest BCUT2D eigenvalue weighted by molar-refractivity contribution is 0.956. The molecule has 0 N–H and O–H groups in total. The summed E-state index contributed by atoms with van der Waals surface area (Å²) in [4.78, 5) is 0. The Morgan fingerprint density at radius 3 is 1.46 bits per heavy atom. The number of rotatable bonds is 13. The van der Waals surface area contributed by atoms with Crippen molar-refractivity contribution in [2.24, 2.45) is 0 Å². The Balaban J connectivity index is 1.16. The van der Waals surface area contributed by atoms with Crippen molar-refractivity contribution in [3.63, 3.8) is 0 Å². The topological polar surface area (TPSA) is 4.93 Å². The lowest BCUT2D eigenvalue weighted by atomic mass is 9.73. The van der Waals surface area contributed by atoms with Crippen molar-refractivity contribution in [2.45, 2.75) is 39.5 Å². The first-order valence-electron chi connectivity index (χ1n) is 25.1. The highest BCUT2D eigenvalue weighted by atomic mass is 15.0. The van der Waals surface area contributed by atoms with Crippen LogP contribution in [0.1, 0.15) is 48.9 Å². The molecule has 1 aromatic heterocycles. The smallest absolute Gasteiger partial charge is 0.0541 e. The van der Waals surface area contributed by atoms with Gasteiger partial charge in [-0.1, -0.05) is 231 Å². The lowest BCUT2D eigenvalue weighted by Crippen LogP contribution is -2.05. The first kappa shape index (κ1) is 45.0. The molecule has 1 aliphatic rings. The van der Waals surface area contributed by atoms with Crippen LogP contribution in [-0.4, -0.2) is 4.57 Å². The van der Waals surface area contributed by atoms with Crippen LogP contribution in [-0.2, 0) is 12.8 Å². The maximum absolute atomic E-state index is 4.21. The van der Waals surface area contributed by atoms with Crippen molar-refractivity contribution in [3.8, 4) is 61.3 Å². The summed E-state index contributed by atoms with van der Waals surface area (Å²) in [6.45, 7) is 8.45. The van der Waals surface area contributed by atoms with E-state index in [2.05, 4.69) is 268 Å².